The van der Waals surface area contributed by atoms with Gasteiger partial charge in [-0.05, 0) is 30.3 Å². The largest absolute Gasteiger partial charge is 0.508 e. The summed E-state index contributed by atoms with van der Waals surface area (Å²) in [7, 11) is 1.77. The van der Waals surface area contributed by atoms with Crippen molar-refractivity contribution in [2.45, 2.75) is 0 Å². The minimum absolute atomic E-state index is 0.219. The van der Waals surface area contributed by atoms with Crippen LogP contribution in [0.25, 0.3) is 11.3 Å². The molecule has 0 saturated carbocycles. The van der Waals surface area contributed by atoms with E-state index >= 15 is 0 Å². The number of hydrogen-bond acceptors (Lipinski definition) is 3. The molecule has 4 heteroatoms. The first kappa shape index (κ1) is 9.45. The van der Waals surface area contributed by atoms with E-state index in [0.29, 0.717) is 12.0 Å². The van der Waals surface area contributed by atoms with Crippen LogP contribution in [0.5, 0.6) is 5.75 Å². The van der Waals surface area contributed by atoms with Crippen molar-refractivity contribution in [3.8, 4) is 17.0 Å². The van der Waals surface area contributed by atoms with Crippen molar-refractivity contribution in [2.75, 3.05) is 0 Å². The predicted octanol–water partition coefficient (Wildman–Crippen LogP) is 1.61. The minimum atomic E-state index is 0.219. The molecular formula is C11H10N2O2. The summed E-state index contributed by atoms with van der Waals surface area (Å²) in [4.78, 5) is 10.5. The highest BCUT2D eigenvalue weighted by molar-refractivity contribution is 5.75. The fourth-order valence-electron chi connectivity index (χ4n) is 1.45. The second-order valence-corrected chi connectivity index (χ2v) is 3.24. The summed E-state index contributed by atoms with van der Waals surface area (Å²) >= 11 is 0. The van der Waals surface area contributed by atoms with Crippen molar-refractivity contribution in [1.82, 2.24) is 9.78 Å². The average Bonchev–Trinajstić information content (AvgIpc) is 2.61. The van der Waals surface area contributed by atoms with Gasteiger partial charge in [0.1, 0.15) is 11.4 Å². The lowest BCUT2D eigenvalue weighted by Crippen LogP contribution is -1.93. The molecule has 15 heavy (non-hydrogen) atoms. The molecule has 2 aromatic rings. The number of carbonyl (C=O) groups is 1. The van der Waals surface area contributed by atoms with E-state index in [2.05, 4.69) is 5.10 Å². The summed E-state index contributed by atoms with van der Waals surface area (Å²) in [5.74, 6) is 0.219. The van der Waals surface area contributed by atoms with E-state index in [1.54, 1.807) is 42.1 Å². The Bertz CT molecular complexity index is 486. The van der Waals surface area contributed by atoms with Crippen LogP contribution in [0.2, 0.25) is 0 Å². The second-order valence-electron chi connectivity index (χ2n) is 3.24. The van der Waals surface area contributed by atoms with Crippen molar-refractivity contribution in [3.63, 3.8) is 0 Å². The average molecular weight is 202 g/mol. The zero-order chi connectivity index (χ0) is 10.8. The fraction of sp³-hybridized carbons (Fsp3) is 0.0909. The van der Waals surface area contributed by atoms with Gasteiger partial charge in [0, 0.05) is 12.6 Å². The molecule has 0 radical (unpaired) electrons. The van der Waals surface area contributed by atoms with Crippen LogP contribution in [0, 0.1) is 0 Å². The van der Waals surface area contributed by atoms with E-state index in [9.17, 15) is 4.79 Å². The topological polar surface area (TPSA) is 55.1 Å². The molecule has 0 fully saturated rings. The highest BCUT2D eigenvalue weighted by Gasteiger charge is 2.06. The van der Waals surface area contributed by atoms with Crippen LogP contribution in [0.3, 0.4) is 0 Å². The van der Waals surface area contributed by atoms with E-state index in [1.165, 1.54) is 0 Å². The molecule has 0 aliphatic heterocycles. The molecule has 76 valence electrons. The van der Waals surface area contributed by atoms with Gasteiger partial charge in [0.25, 0.3) is 0 Å². The third-order valence-corrected chi connectivity index (χ3v) is 2.18. The lowest BCUT2D eigenvalue weighted by molar-refractivity contribution is 0.111. The Balaban J connectivity index is 2.48. The standard InChI is InChI=1S/C11H10N2O2/c1-13-11(6-9(7-14)12-13)8-2-4-10(15)5-3-8/h2-7,15H,1H3. The molecule has 0 aliphatic rings. The Hall–Kier alpha value is -2.10. The van der Waals surface area contributed by atoms with Gasteiger partial charge in [-0.2, -0.15) is 5.10 Å². The minimum Gasteiger partial charge on any atom is -0.508 e. The van der Waals surface area contributed by atoms with Gasteiger partial charge in [0.05, 0.1) is 5.69 Å². The van der Waals surface area contributed by atoms with E-state index in [1.807, 2.05) is 0 Å². The van der Waals surface area contributed by atoms with Gasteiger partial charge in [0.2, 0.25) is 0 Å². The maximum absolute atomic E-state index is 10.5. The number of phenolic OH excluding ortho intramolecular Hbond substituents is 1. The number of aryl methyl sites for hydroxylation is 1. The summed E-state index contributed by atoms with van der Waals surface area (Å²) in [5.41, 5.74) is 2.16. The molecule has 1 aromatic carbocycles. The number of rotatable bonds is 2. The Morgan fingerprint density at radius 2 is 2.00 bits per heavy atom. The number of aromatic nitrogens is 2. The lowest BCUT2D eigenvalue weighted by atomic mass is 10.1. The summed E-state index contributed by atoms with van der Waals surface area (Å²) in [6.45, 7) is 0. The molecule has 0 spiro atoms. The number of hydrogen-bond donors (Lipinski definition) is 1. The first-order chi connectivity index (χ1) is 7.20. The van der Waals surface area contributed by atoms with Crippen molar-refractivity contribution in [1.29, 1.82) is 0 Å². The Kier molecular flexibility index (Phi) is 2.25. The summed E-state index contributed by atoms with van der Waals surface area (Å²) < 4.78 is 1.64. The van der Waals surface area contributed by atoms with Crippen LogP contribution in [0.4, 0.5) is 0 Å². The lowest BCUT2D eigenvalue weighted by Gasteiger charge is -2.01. The fourth-order valence-corrected chi connectivity index (χ4v) is 1.45. The monoisotopic (exact) mass is 202 g/mol. The van der Waals surface area contributed by atoms with Gasteiger partial charge in [-0.25, -0.2) is 0 Å². The molecule has 0 unspecified atom stereocenters. The maximum Gasteiger partial charge on any atom is 0.170 e. The highest BCUT2D eigenvalue weighted by Crippen LogP contribution is 2.21. The first-order valence-corrected chi connectivity index (χ1v) is 4.49. The summed E-state index contributed by atoms with van der Waals surface area (Å²) in [5, 5.41) is 13.2. The smallest absolute Gasteiger partial charge is 0.170 e. The highest BCUT2D eigenvalue weighted by atomic mass is 16.3. The normalized spacial score (nSPS) is 10.2. The number of aromatic hydroxyl groups is 1. The molecule has 0 saturated heterocycles. The SMILES string of the molecule is Cn1nc(C=O)cc1-c1ccc(O)cc1. The Labute approximate surface area is 86.8 Å². The van der Waals surface area contributed by atoms with Gasteiger partial charge in [-0.1, -0.05) is 0 Å². The molecule has 1 aromatic heterocycles. The van der Waals surface area contributed by atoms with Gasteiger partial charge < -0.3 is 5.11 Å². The molecule has 0 amide bonds. The van der Waals surface area contributed by atoms with Crippen molar-refractivity contribution >= 4 is 6.29 Å². The van der Waals surface area contributed by atoms with Gasteiger partial charge >= 0.3 is 0 Å². The second kappa shape index (κ2) is 3.57. The van der Waals surface area contributed by atoms with E-state index in [-0.39, 0.29) is 5.75 Å². The molecule has 4 nitrogen and oxygen atoms in total. The number of phenols is 1. The van der Waals surface area contributed by atoms with Crippen molar-refractivity contribution in [2.24, 2.45) is 7.05 Å². The zero-order valence-electron chi connectivity index (χ0n) is 8.21. The van der Waals surface area contributed by atoms with Crippen LogP contribution in [0.15, 0.2) is 30.3 Å². The molecule has 2 rings (SSSR count). The molecule has 0 atom stereocenters. The number of nitrogens with zero attached hydrogens (tertiary/aromatic N) is 2. The van der Waals surface area contributed by atoms with Crippen LogP contribution in [0.1, 0.15) is 10.5 Å². The van der Waals surface area contributed by atoms with Crippen LogP contribution < -0.4 is 0 Å². The first-order valence-electron chi connectivity index (χ1n) is 4.49. The molecule has 1 heterocycles. The van der Waals surface area contributed by atoms with Crippen molar-refractivity contribution < 1.29 is 9.90 Å². The summed E-state index contributed by atoms with van der Waals surface area (Å²) in [6, 6.07) is 8.47. The van der Waals surface area contributed by atoms with E-state index in [0.717, 1.165) is 11.3 Å². The quantitative estimate of drug-likeness (QED) is 0.752. The van der Waals surface area contributed by atoms with Crippen LogP contribution in [-0.4, -0.2) is 21.2 Å². The molecule has 0 bridgehead atoms. The van der Waals surface area contributed by atoms with Crippen molar-refractivity contribution in [3.05, 3.63) is 36.0 Å². The molecular weight excluding hydrogens is 192 g/mol. The molecule has 1 N–H and O–H groups in total. The number of benzene rings is 1. The van der Waals surface area contributed by atoms with Gasteiger partial charge in [-0.15, -0.1) is 0 Å². The Morgan fingerprint density at radius 1 is 1.33 bits per heavy atom. The van der Waals surface area contributed by atoms with E-state index < -0.39 is 0 Å². The maximum atomic E-state index is 10.5. The van der Waals surface area contributed by atoms with Crippen LogP contribution in [-0.2, 0) is 7.05 Å². The van der Waals surface area contributed by atoms with E-state index in [4.69, 9.17) is 5.11 Å². The Morgan fingerprint density at radius 3 is 2.53 bits per heavy atom. The number of aldehydes is 1. The summed E-state index contributed by atoms with van der Waals surface area (Å²) in [6.07, 6.45) is 0.712. The predicted molar refractivity (Wildman–Crippen MR) is 55.7 cm³/mol. The molecule has 0 aliphatic carbocycles. The third-order valence-electron chi connectivity index (χ3n) is 2.18. The van der Waals surface area contributed by atoms with Crippen LogP contribution >= 0.6 is 0 Å². The number of carbonyl (C=O) groups excluding carboxylic acids is 1. The van der Waals surface area contributed by atoms with Gasteiger partial charge in [0.15, 0.2) is 6.29 Å². The van der Waals surface area contributed by atoms with Gasteiger partial charge in [-0.3, -0.25) is 9.48 Å². The zero-order valence-corrected chi connectivity index (χ0v) is 8.21. The third kappa shape index (κ3) is 1.74.